The molecule has 6 nitrogen and oxygen atoms in total. The highest BCUT2D eigenvalue weighted by molar-refractivity contribution is 7.99. The van der Waals surface area contributed by atoms with Crippen molar-refractivity contribution in [2.75, 3.05) is 0 Å². The molecular formula is C8H5N3O3S. The van der Waals surface area contributed by atoms with E-state index < -0.39 is 5.97 Å². The minimum Gasteiger partial charge on any atom is -0.476 e. The first-order valence-corrected chi connectivity index (χ1v) is 4.70. The van der Waals surface area contributed by atoms with Crippen LogP contribution in [0, 0.1) is 0 Å². The lowest BCUT2D eigenvalue weighted by molar-refractivity contribution is 0.0690. The van der Waals surface area contributed by atoms with Gasteiger partial charge in [-0.1, -0.05) is 0 Å². The molecule has 2 aromatic heterocycles. The van der Waals surface area contributed by atoms with Crippen LogP contribution in [0.2, 0.25) is 0 Å². The Hall–Kier alpha value is -1.89. The van der Waals surface area contributed by atoms with Crippen molar-refractivity contribution in [3.63, 3.8) is 0 Å². The number of rotatable bonds is 3. The summed E-state index contributed by atoms with van der Waals surface area (Å²) in [5, 5.41) is 9.43. The van der Waals surface area contributed by atoms with Gasteiger partial charge >= 0.3 is 5.97 Å². The fraction of sp³-hybridized carbons (Fsp3) is 0. The minimum absolute atomic E-state index is 0.124. The number of aromatic nitrogens is 3. The number of carboxylic acids is 1. The lowest BCUT2D eigenvalue weighted by atomic mass is 10.5. The molecule has 2 aromatic rings. The zero-order valence-corrected chi connectivity index (χ0v) is 8.14. The highest BCUT2D eigenvalue weighted by Crippen LogP contribution is 2.23. The van der Waals surface area contributed by atoms with Gasteiger partial charge in [0.25, 0.3) is 5.22 Å². The third-order valence-corrected chi connectivity index (χ3v) is 2.22. The van der Waals surface area contributed by atoms with E-state index in [4.69, 9.17) is 9.52 Å². The van der Waals surface area contributed by atoms with E-state index in [1.165, 1.54) is 12.4 Å². The van der Waals surface area contributed by atoms with Crippen molar-refractivity contribution in [3.8, 4) is 0 Å². The molecule has 0 amide bonds. The van der Waals surface area contributed by atoms with Crippen LogP contribution in [0.5, 0.6) is 0 Å². The largest absolute Gasteiger partial charge is 0.476 e. The Bertz CT molecular complexity index is 471. The lowest BCUT2D eigenvalue weighted by Crippen LogP contribution is -1.95. The fourth-order valence-electron chi connectivity index (χ4n) is 0.830. The Labute approximate surface area is 88.4 Å². The van der Waals surface area contributed by atoms with Gasteiger partial charge in [0, 0.05) is 12.4 Å². The summed E-state index contributed by atoms with van der Waals surface area (Å²) in [7, 11) is 0. The summed E-state index contributed by atoms with van der Waals surface area (Å²) in [5.41, 5.74) is -0.124. The summed E-state index contributed by atoms with van der Waals surface area (Å²) < 4.78 is 4.93. The van der Waals surface area contributed by atoms with Crippen molar-refractivity contribution >= 4 is 17.7 Å². The second-order valence-electron chi connectivity index (χ2n) is 2.45. The van der Waals surface area contributed by atoms with Gasteiger partial charge in [0.2, 0.25) is 0 Å². The molecule has 0 aliphatic rings. The van der Waals surface area contributed by atoms with Gasteiger partial charge in [-0.05, 0) is 11.8 Å². The van der Waals surface area contributed by atoms with Crippen molar-refractivity contribution in [2.24, 2.45) is 0 Å². The predicted molar refractivity (Wildman–Crippen MR) is 49.6 cm³/mol. The average molecular weight is 223 g/mol. The van der Waals surface area contributed by atoms with Crippen molar-refractivity contribution in [3.05, 3.63) is 30.5 Å². The lowest BCUT2D eigenvalue weighted by Gasteiger charge is -1.92. The highest BCUT2D eigenvalue weighted by Gasteiger charge is 2.11. The summed E-state index contributed by atoms with van der Waals surface area (Å²) >= 11 is 1.11. The van der Waals surface area contributed by atoms with Crippen LogP contribution < -0.4 is 0 Å². The first kappa shape index (κ1) is 9.66. The van der Waals surface area contributed by atoms with E-state index in [1.807, 2.05) is 0 Å². The van der Waals surface area contributed by atoms with Gasteiger partial charge in [-0.2, -0.15) is 4.98 Å². The van der Waals surface area contributed by atoms with Crippen molar-refractivity contribution in [2.45, 2.75) is 10.2 Å². The first-order chi connectivity index (χ1) is 7.25. The number of hydrogen-bond acceptors (Lipinski definition) is 6. The monoisotopic (exact) mass is 223 g/mol. The molecule has 0 aromatic carbocycles. The highest BCUT2D eigenvalue weighted by atomic mass is 32.2. The third-order valence-electron chi connectivity index (χ3n) is 1.43. The van der Waals surface area contributed by atoms with Crippen molar-refractivity contribution in [1.29, 1.82) is 0 Å². The van der Waals surface area contributed by atoms with Crippen LogP contribution in [0.4, 0.5) is 0 Å². The summed E-state index contributed by atoms with van der Waals surface area (Å²) in [6.45, 7) is 0. The molecule has 15 heavy (non-hydrogen) atoms. The van der Waals surface area contributed by atoms with Gasteiger partial charge < -0.3 is 9.52 Å². The van der Waals surface area contributed by atoms with Gasteiger partial charge in [0.05, 0.1) is 6.20 Å². The van der Waals surface area contributed by atoms with E-state index >= 15 is 0 Å². The van der Waals surface area contributed by atoms with Crippen LogP contribution in [-0.4, -0.2) is 26.0 Å². The maximum absolute atomic E-state index is 10.5. The van der Waals surface area contributed by atoms with E-state index in [-0.39, 0.29) is 10.9 Å². The van der Waals surface area contributed by atoms with Crippen LogP contribution >= 0.6 is 11.8 Å². The zero-order chi connectivity index (χ0) is 10.7. The Balaban J connectivity index is 2.15. The normalized spacial score (nSPS) is 10.1. The molecule has 0 aliphatic heterocycles. The molecule has 0 radical (unpaired) electrons. The number of oxazole rings is 1. The van der Waals surface area contributed by atoms with Crippen molar-refractivity contribution < 1.29 is 14.3 Å². The molecule has 1 N–H and O–H groups in total. The van der Waals surface area contributed by atoms with Gasteiger partial charge in [-0.15, -0.1) is 0 Å². The Morgan fingerprint density at radius 2 is 2.33 bits per heavy atom. The van der Waals surface area contributed by atoms with Crippen LogP contribution in [-0.2, 0) is 0 Å². The molecule has 0 aliphatic carbocycles. The molecular weight excluding hydrogens is 218 g/mol. The van der Waals surface area contributed by atoms with Crippen LogP contribution in [0.15, 0.2) is 39.5 Å². The SMILES string of the molecule is O=C(O)c1coc(Sc2cnccn2)n1. The third kappa shape index (κ3) is 2.32. The molecule has 0 unspecified atom stereocenters. The van der Waals surface area contributed by atoms with E-state index in [9.17, 15) is 4.79 Å². The van der Waals surface area contributed by atoms with E-state index in [1.54, 1.807) is 6.20 Å². The second kappa shape index (κ2) is 4.09. The summed E-state index contributed by atoms with van der Waals surface area (Å²) in [6, 6.07) is 0. The first-order valence-electron chi connectivity index (χ1n) is 3.88. The average Bonchev–Trinajstić information content (AvgIpc) is 2.68. The number of carbonyl (C=O) groups is 1. The van der Waals surface area contributed by atoms with Gasteiger partial charge in [-0.3, -0.25) is 4.98 Å². The van der Waals surface area contributed by atoms with E-state index in [2.05, 4.69) is 15.0 Å². The smallest absolute Gasteiger partial charge is 0.357 e. The second-order valence-corrected chi connectivity index (χ2v) is 3.42. The minimum atomic E-state index is -1.12. The molecule has 0 atom stereocenters. The fourth-order valence-corrected chi connectivity index (χ4v) is 1.48. The van der Waals surface area contributed by atoms with Crippen LogP contribution in [0.1, 0.15) is 10.5 Å². The number of aromatic carboxylic acids is 1. The maximum Gasteiger partial charge on any atom is 0.357 e. The molecule has 2 heterocycles. The molecule has 2 rings (SSSR count). The molecule has 0 saturated carbocycles. The van der Waals surface area contributed by atoms with Crippen LogP contribution in [0.25, 0.3) is 0 Å². The van der Waals surface area contributed by atoms with Crippen LogP contribution in [0.3, 0.4) is 0 Å². The Kier molecular flexibility index (Phi) is 2.64. The summed E-state index contributed by atoms with van der Waals surface area (Å²) in [4.78, 5) is 22.1. The Morgan fingerprint density at radius 1 is 1.47 bits per heavy atom. The maximum atomic E-state index is 10.5. The molecule has 0 fully saturated rings. The summed E-state index contributed by atoms with van der Waals surface area (Å²) in [5.74, 6) is -1.12. The number of hydrogen-bond donors (Lipinski definition) is 1. The zero-order valence-electron chi connectivity index (χ0n) is 7.32. The summed E-state index contributed by atoms with van der Waals surface area (Å²) in [6.07, 6.45) is 5.70. The molecule has 7 heteroatoms. The number of nitrogens with zero attached hydrogens (tertiary/aromatic N) is 3. The quantitative estimate of drug-likeness (QED) is 0.838. The number of carboxylic acid groups (broad SMARTS) is 1. The molecule has 0 saturated heterocycles. The van der Waals surface area contributed by atoms with Gasteiger partial charge in [0.1, 0.15) is 11.3 Å². The van der Waals surface area contributed by atoms with E-state index in [0.717, 1.165) is 18.0 Å². The Morgan fingerprint density at radius 3 is 2.93 bits per heavy atom. The topological polar surface area (TPSA) is 89.1 Å². The molecule has 76 valence electrons. The predicted octanol–water partition coefficient (Wildman–Crippen LogP) is 1.31. The van der Waals surface area contributed by atoms with Gasteiger partial charge in [-0.25, -0.2) is 9.78 Å². The van der Waals surface area contributed by atoms with Gasteiger partial charge in [0.15, 0.2) is 5.69 Å². The standard InChI is InChI=1S/C8H5N3O3S/c12-7(13)5-4-14-8(11-5)15-6-3-9-1-2-10-6/h1-4H,(H,12,13). The van der Waals surface area contributed by atoms with Crippen molar-refractivity contribution in [1.82, 2.24) is 15.0 Å². The molecule has 0 bridgehead atoms. The van der Waals surface area contributed by atoms with E-state index in [0.29, 0.717) is 5.03 Å². The molecule has 0 spiro atoms.